The van der Waals surface area contributed by atoms with E-state index >= 15 is 0 Å². The molecule has 0 fully saturated rings. The van der Waals surface area contributed by atoms with Crippen LogP contribution in [0.3, 0.4) is 0 Å². The van der Waals surface area contributed by atoms with Crippen LogP contribution in [-0.4, -0.2) is 43.8 Å². The molecule has 294 valence electrons. The van der Waals surface area contributed by atoms with Gasteiger partial charge in [0.25, 0.3) is 0 Å². The molecule has 2 aliphatic rings. The number of fused-ring (bicyclic) bond motifs is 8. The molecule has 12 nitrogen and oxygen atoms in total. The fourth-order valence-electron chi connectivity index (χ4n) is 8.12. The van der Waals surface area contributed by atoms with Crippen LogP contribution in [0.15, 0.2) is 121 Å². The maximum atomic E-state index is 11.7. The van der Waals surface area contributed by atoms with Crippen molar-refractivity contribution in [2.45, 2.75) is 25.7 Å². The van der Waals surface area contributed by atoms with Crippen molar-refractivity contribution in [3.63, 3.8) is 0 Å². The summed E-state index contributed by atoms with van der Waals surface area (Å²) in [6, 6.07) is 33.2. The Bertz CT molecular complexity index is 2660. The lowest BCUT2D eigenvalue weighted by Crippen LogP contribution is -2.21. The molecular formula is C48H30N4O8-4. The Balaban J connectivity index is 1.42. The van der Waals surface area contributed by atoms with Gasteiger partial charge in [0.1, 0.15) is 0 Å². The van der Waals surface area contributed by atoms with E-state index in [0.717, 1.165) is 45.0 Å². The van der Waals surface area contributed by atoms with Gasteiger partial charge < -0.3 is 49.6 Å². The van der Waals surface area contributed by atoms with Crippen molar-refractivity contribution in [1.29, 1.82) is 0 Å². The van der Waals surface area contributed by atoms with E-state index in [1.54, 1.807) is 48.5 Å². The first-order chi connectivity index (χ1) is 29.0. The summed E-state index contributed by atoms with van der Waals surface area (Å²) in [5.74, 6) is -5.21. The fourth-order valence-corrected chi connectivity index (χ4v) is 8.12. The van der Waals surface area contributed by atoms with Crippen LogP contribution in [0.1, 0.15) is 64.2 Å². The standard InChI is InChI=1S/C48H34N4O8/c53-45(54)29-9-1-25(2-10-29)41-33-17-19-35(49-33)42(26-3-11-30(12-4-26)46(55)56)37-21-23-39(51-37)44(28-7-15-32(16-8-28)48(59)60)40-24-22-38(52-40)43(36-20-18-34(41)50-36)27-5-13-31(14-6-27)47(57)58/h1-17,19,22,24,49,52H,18,20-21,23H2,(H,53,54)(H,55,56)(H,57,58)(H,59,60)/p-4. The third-order valence-electron chi connectivity index (χ3n) is 11.0. The molecular weight excluding hydrogens is 761 g/mol. The smallest absolute Gasteiger partial charge is 0.0715 e. The number of nitrogens with one attached hydrogen (secondary N) is 2. The minimum absolute atomic E-state index is 0.0199. The maximum absolute atomic E-state index is 11.7. The Morgan fingerprint density at radius 2 is 0.533 bits per heavy atom. The zero-order chi connectivity index (χ0) is 41.7. The van der Waals surface area contributed by atoms with Gasteiger partial charge in [-0.2, -0.15) is 0 Å². The second-order valence-electron chi connectivity index (χ2n) is 14.5. The predicted octanol–water partition coefficient (Wildman–Crippen LogP) is 4.01. The highest BCUT2D eigenvalue weighted by molar-refractivity contribution is 5.95. The van der Waals surface area contributed by atoms with Crippen LogP contribution in [0.4, 0.5) is 0 Å². The number of benzene rings is 4. The summed E-state index contributed by atoms with van der Waals surface area (Å²) in [5, 5.41) is 46.9. The van der Waals surface area contributed by atoms with Crippen molar-refractivity contribution in [1.82, 2.24) is 19.9 Å². The van der Waals surface area contributed by atoms with Crippen LogP contribution in [0.25, 0.3) is 66.6 Å². The first-order valence-corrected chi connectivity index (χ1v) is 19.0. The number of carboxylic acids is 4. The van der Waals surface area contributed by atoms with Crippen LogP contribution in [0.2, 0.25) is 0 Å². The number of carbonyl (C=O) groups is 4. The van der Waals surface area contributed by atoms with Gasteiger partial charge in [0.15, 0.2) is 0 Å². The van der Waals surface area contributed by atoms with Gasteiger partial charge in [-0.1, -0.05) is 97.1 Å². The van der Waals surface area contributed by atoms with Crippen LogP contribution in [-0.2, 0) is 25.7 Å². The molecule has 2 N–H and O–H groups in total. The van der Waals surface area contributed by atoms with Crippen LogP contribution in [0, 0.1) is 0 Å². The van der Waals surface area contributed by atoms with Gasteiger partial charge in [0.2, 0.25) is 0 Å². The van der Waals surface area contributed by atoms with Crippen LogP contribution >= 0.6 is 0 Å². The molecule has 5 heterocycles. The Labute approximate surface area is 341 Å². The van der Waals surface area contributed by atoms with Gasteiger partial charge in [-0.3, -0.25) is 9.97 Å². The lowest BCUT2D eigenvalue weighted by molar-refractivity contribution is -0.256. The van der Waals surface area contributed by atoms with E-state index < -0.39 is 23.9 Å². The number of carboxylic acid groups (broad SMARTS) is 4. The average Bonchev–Trinajstić information content (AvgIpc) is 4.10. The molecule has 8 bridgehead atoms. The minimum atomic E-state index is -1.30. The summed E-state index contributed by atoms with van der Waals surface area (Å²) >= 11 is 0. The minimum Gasteiger partial charge on any atom is -0.545 e. The van der Waals surface area contributed by atoms with Gasteiger partial charge in [-0.15, -0.1) is 0 Å². The number of aryl methyl sites for hydroxylation is 4. The highest BCUT2D eigenvalue weighted by Gasteiger charge is 2.22. The van der Waals surface area contributed by atoms with E-state index in [0.29, 0.717) is 70.0 Å². The molecule has 0 saturated carbocycles. The number of aromatic carboxylic acids is 4. The first-order valence-electron chi connectivity index (χ1n) is 19.0. The molecule has 3 aromatic heterocycles. The summed E-state index contributed by atoms with van der Waals surface area (Å²) in [6.45, 7) is 0. The van der Waals surface area contributed by atoms with Gasteiger partial charge in [-0.05, 0) is 94.5 Å². The van der Waals surface area contributed by atoms with E-state index in [1.807, 2.05) is 24.3 Å². The number of aromatic nitrogens is 4. The summed E-state index contributed by atoms with van der Waals surface area (Å²) in [4.78, 5) is 64.6. The van der Waals surface area contributed by atoms with E-state index in [1.165, 1.54) is 48.5 Å². The quantitative estimate of drug-likeness (QED) is 0.225. The van der Waals surface area contributed by atoms with E-state index in [2.05, 4.69) is 9.97 Å². The van der Waals surface area contributed by atoms with Crippen molar-refractivity contribution in [2.75, 3.05) is 0 Å². The van der Waals surface area contributed by atoms with E-state index in [9.17, 15) is 39.6 Å². The van der Waals surface area contributed by atoms with Crippen LogP contribution < -0.4 is 20.4 Å². The molecule has 7 aromatic rings. The first kappa shape index (κ1) is 37.5. The number of rotatable bonds is 8. The topological polar surface area (TPSA) is 218 Å². The summed E-state index contributed by atoms with van der Waals surface area (Å²) in [5.41, 5.74) is 11.4. The monoisotopic (exact) mass is 790 g/mol. The van der Waals surface area contributed by atoms with Crippen molar-refractivity contribution in [3.05, 3.63) is 166 Å². The number of hydrogen-bond donors (Lipinski definition) is 2. The number of H-pyrrole nitrogens is 2. The van der Waals surface area contributed by atoms with Gasteiger partial charge in [0.05, 0.1) is 46.7 Å². The predicted molar refractivity (Wildman–Crippen MR) is 215 cm³/mol. The maximum Gasteiger partial charge on any atom is 0.0715 e. The van der Waals surface area contributed by atoms with Crippen molar-refractivity contribution in [2.24, 2.45) is 0 Å². The lowest BCUT2D eigenvalue weighted by atomic mass is 9.99. The third kappa shape index (κ3) is 6.85. The third-order valence-corrected chi connectivity index (χ3v) is 11.0. The van der Waals surface area contributed by atoms with Crippen molar-refractivity contribution < 1.29 is 39.6 Å². The fraction of sp³-hybridized carbons (Fsp3) is 0.0833. The zero-order valence-electron chi connectivity index (χ0n) is 31.5. The molecule has 0 radical (unpaired) electrons. The zero-order valence-corrected chi connectivity index (χ0v) is 31.5. The van der Waals surface area contributed by atoms with Gasteiger partial charge in [-0.25, -0.2) is 0 Å². The molecule has 12 heteroatoms. The molecule has 2 aliphatic heterocycles. The SMILES string of the molecule is O=C([O-])c1ccc(-c2c3nc(c(-c4ccc(C(=O)[O-])cc4)c4ccc([nH]4)c(-c4ccc(C(=O)[O-])cc4)c4nc(c(-c5ccc(C(=O)[O-])cc5)c5ccc2[nH]5)CC4)CC3)cc1. The lowest BCUT2D eigenvalue weighted by Gasteiger charge is -2.09. The van der Waals surface area contributed by atoms with E-state index in [-0.39, 0.29) is 22.3 Å². The molecule has 0 spiro atoms. The molecule has 60 heavy (non-hydrogen) atoms. The number of carbonyl (C=O) groups excluding carboxylic acids is 4. The Hall–Kier alpha value is -8.12. The van der Waals surface area contributed by atoms with E-state index in [4.69, 9.17) is 9.97 Å². The highest BCUT2D eigenvalue weighted by atomic mass is 16.4. The van der Waals surface area contributed by atoms with Gasteiger partial charge in [0, 0.05) is 44.3 Å². The second-order valence-corrected chi connectivity index (χ2v) is 14.5. The Morgan fingerprint density at radius 3 is 0.717 bits per heavy atom. The average molecular weight is 791 g/mol. The molecule has 0 aliphatic carbocycles. The Kier molecular flexibility index (Phi) is 9.36. The summed E-state index contributed by atoms with van der Waals surface area (Å²) in [6.07, 6.45) is 2.01. The largest absolute Gasteiger partial charge is 0.545 e. The van der Waals surface area contributed by atoms with Crippen LogP contribution in [0.5, 0.6) is 0 Å². The normalized spacial score (nSPS) is 12.3. The molecule has 0 atom stereocenters. The molecule has 4 aromatic carbocycles. The molecule has 9 rings (SSSR count). The molecule has 0 unspecified atom stereocenters. The molecule has 0 amide bonds. The van der Waals surface area contributed by atoms with Crippen molar-refractivity contribution >= 4 is 45.9 Å². The summed E-state index contributed by atoms with van der Waals surface area (Å²) < 4.78 is 0. The number of hydrogen-bond acceptors (Lipinski definition) is 10. The summed E-state index contributed by atoms with van der Waals surface area (Å²) in [7, 11) is 0. The number of aromatic amines is 2. The van der Waals surface area contributed by atoms with Gasteiger partial charge >= 0.3 is 0 Å². The second kappa shape index (κ2) is 15.0. The highest BCUT2D eigenvalue weighted by Crippen LogP contribution is 2.38. The van der Waals surface area contributed by atoms with Crippen molar-refractivity contribution in [3.8, 4) is 44.5 Å². The Morgan fingerprint density at radius 1 is 0.333 bits per heavy atom. The molecule has 0 saturated heterocycles. The number of nitrogens with zero attached hydrogens (tertiary/aromatic N) is 2.